The third-order valence-corrected chi connectivity index (χ3v) is 7.98. The molecule has 244 valence electrons. The van der Waals surface area contributed by atoms with Gasteiger partial charge in [-0.15, -0.1) is 0 Å². The molecule has 0 fully saturated rings. The number of hydrogen-bond donors (Lipinski definition) is 0. The first kappa shape index (κ1) is 40.4. The summed E-state index contributed by atoms with van der Waals surface area (Å²) in [4.78, 5) is 23.9. The molecule has 4 nitrogen and oxygen atoms in total. The van der Waals surface area contributed by atoms with Crippen LogP contribution in [0.15, 0.2) is 24.3 Å². The van der Waals surface area contributed by atoms with Crippen molar-refractivity contribution in [3.8, 4) is 0 Å². The van der Waals surface area contributed by atoms with Crippen LogP contribution in [-0.2, 0) is 9.59 Å². The average Bonchev–Trinajstić information content (AvgIpc) is 2.99. The molecular formula is C38H70N2O2. The maximum atomic E-state index is 11.9. The van der Waals surface area contributed by atoms with Gasteiger partial charge >= 0.3 is 0 Å². The number of unbranched alkanes of at least 4 members (excludes halogenated alkanes) is 22. The predicted molar refractivity (Wildman–Crippen MR) is 183 cm³/mol. The molecule has 0 unspecified atom stereocenters. The van der Waals surface area contributed by atoms with Gasteiger partial charge in [-0.1, -0.05) is 141 Å². The van der Waals surface area contributed by atoms with Gasteiger partial charge in [0.1, 0.15) is 0 Å². The Balaban J connectivity index is 3.34. The molecule has 0 saturated carbocycles. The van der Waals surface area contributed by atoms with Crippen LogP contribution < -0.4 is 10.6 Å². The maximum Gasteiger partial charge on any atom is 0.241 e. The van der Waals surface area contributed by atoms with Gasteiger partial charge in [0, 0.05) is 12.8 Å². The highest BCUT2D eigenvalue weighted by atomic mass is 16.2. The van der Waals surface area contributed by atoms with Gasteiger partial charge in [-0.3, -0.25) is 9.59 Å². The van der Waals surface area contributed by atoms with Gasteiger partial charge in [-0.2, -0.15) is 0 Å². The highest BCUT2D eigenvalue weighted by molar-refractivity contribution is 5.76. The standard InChI is InChI=1S/C38H70N2O2/c1-3-5-7-9-11-13-15-17-19-21-23-25-27-29-31-33-37(41)39-35-36-40-38(42)34-32-30-28-26-24-22-20-18-16-14-12-10-8-6-4-2/h17-20H,3-16,21-36H2,1-2H3/b19-17-,20-18-. The summed E-state index contributed by atoms with van der Waals surface area (Å²) < 4.78 is 0. The molecular weight excluding hydrogens is 516 g/mol. The molecule has 0 aromatic heterocycles. The molecule has 0 aliphatic rings. The summed E-state index contributed by atoms with van der Waals surface area (Å²) in [6, 6.07) is 0. The summed E-state index contributed by atoms with van der Waals surface area (Å²) >= 11 is 0. The van der Waals surface area contributed by atoms with E-state index in [2.05, 4.69) is 48.8 Å². The first-order valence-electron chi connectivity index (χ1n) is 18.4. The van der Waals surface area contributed by atoms with E-state index in [-0.39, 0.29) is 11.8 Å². The Morgan fingerprint density at radius 3 is 0.952 bits per heavy atom. The van der Waals surface area contributed by atoms with Crippen LogP contribution in [-0.4, -0.2) is 24.9 Å². The van der Waals surface area contributed by atoms with Gasteiger partial charge < -0.3 is 0 Å². The van der Waals surface area contributed by atoms with Gasteiger partial charge in [0.2, 0.25) is 11.8 Å². The molecule has 0 aromatic carbocycles. The molecule has 0 aliphatic carbocycles. The van der Waals surface area contributed by atoms with Crippen LogP contribution in [0.25, 0.3) is 0 Å². The second kappa shape index (κ2) is 35.6. The number of carbonyl (C=O) groups excluding carboxylic acids is 2. The predicted octanol–water partition coefficient (Wildman–Crippen LogP) is 11.3. The Morgan fingerprint density at radius 1 is 0.381 bits per heavy atom. The Hall–Kier alpha value is -1.58. The van der Waals surface area contributed by atoms with E-state index in [0.29, 0.717) is 25.9 Å². The average molecular weight is 587 g/mol. The minimum Gasteiger partial charge on any atom is -0.273 e. The highest BCUT2D eigenvalue weighted by Gasteiger charge is 2.05. The third kappa shape index (κ3) is 34.6. The van der Waals surface area contributed by atoms with Crippen LogP contribution in [0.3, 0.4) is 0 Å². The smallest absolute Gasteiger partial charge is 0.241 e. The van der Waals surface area contributed by atoms with Crippen LogP contribution in [0.2, 0.25) is 0 Å². The highest BCUT2D eigenvalue weighted by Crippen LogP contribution is 2.11. The Labute approximate surface area is 262 Å². The Kier molecular flexibility index (Phi) is 34.3. The fraction of sp³-hybridized carbons (Fsp3) is 0.842. The van der Waals surface area contributed by atoms with Crippen molar-refractivity contribution in [2.75, 3.05) is 13.1 Å². The minimum atomic E-state index is -0.0347. The molecule has 0 bridgehead atoms. The lowest BCUT2D eigenvalue weighted by atomic mass is 10.1. The van der Waals surface area contributed by atoms with E-state index >= 15 is 0 Å². The summed E-state index contributed by atoms with van der Waals surface area (Å²) in [5.41, 5.74) is 0. The quantitative estimate of drug-likeness (QED) is 0.0567. The van der Waals surface area contributed by atoms with Crippen LogP contribution in [0.5, 0.6) is 0 Å². The van der Waals surface area contributed by atoms with Crippen molar-refractivity contribution in [1.29, 1.82) is 0 Å². The Bertz CT molecular complexity index is 575. The van der Waals surface area contributed by atoms with E-state index in [0.717, 1.165) is 25.7 Å². The maximum absolute atomic E-state index is 11.9. The van der Waals surface area contributed by atoms with Crippen molar-refractivity contribution < 1.29 is 9.59 Å². The lowest BCUT2D eigenvalue weighted by Gasteiger charge is -2.04. The lowest BCUT2D eigenvalue weighted by Crippen LogP contribution is -2.26. The SMILES string of the molecule is CCCCCCCC/C=C\CCCCCCCC(=O)[N]CC[N]C(=O)CCCCCCC/C=C\CCCCCCCC. The number of allylic oxidation sites excluding steroid dienone is 4. The lowest BCUT2D eigenvalue weighted by molar-refractivity contribution is -0.123. The van der Waals surface area contributed by atoms with E-state index in [1.54, 1.807) is 0 Å². The molecule has 0 N–H and O–H groups in total. The van der Waals surface area contributed by atoms with Gasteiger partial charge in [-0.05, 0) is 64.2 Å². The van der Waals surface area contributed by atoms with Gasteiger partial charge in [0.25, 0.3) is 0 Å². The van der Waals surface area contributed by atoms with Gasteiger partial charge in [0.15, 0.2) is 0 Å². The number of amides is 2. The molecule has 0 atom stereocenters. The first-order valence-corrected chi connectivity index (χ1v) is 18.4. The van der Waals surface area contributed by atoms with Gasteiger partial charge in [0.05, 0.1) is 13.1 Å². The van der Waals surface area contributed by atoms with E-state index in [9.17, 15) is 9.59 Å². The molecule has 0 saturated heterocycles. The van der Waals surface area contributed by atoms with E-state index in [1.807, 2.05) is 0 Å². The fourth-order valence-electron chi connectivity index (χ4n) is 5.20. The molecule has 2 amide bonds. The fourth-order valence-corrected chi connectivity index (χ4v) is 5.20. The zero-order valence-corrected chi connectivity index (χ0v) is 28.2. The van der Waals surface area contributed by atoms with Crippen molar-refractivity contribution in [1.82, 2.24) is 10.6 Å². The zero-order valence-electron chi connectivity index (χ0n) is 28.2. The van der Waals surface area contributed by atoms with Crippen molar-refractivity contribution in [2.24, 2.45) is 0 Å². The van der Waals surface area contributed by atoms with Crippen LogP contribution >= 0.6 is 0 Å². The van der Waals surface area contributed by atoms with Crippen molar-refractivity contribution >= 4 is 11.8 Å². The Morgan fingerprint density at radius 2 is 0.643 bits per heavy atom. The van der Waals surface area contributed by atoms with Crippen LogP contribution in [0, 0.1) is 0 Å². The van der Waals surface area contributed by atoms with Crippen molar-refractivity contribution in [3.63, 3.8) is 0 Å². The molecule has 0 heterocycles. The summed E-state index contributed by atoms with van der Waals surface area (Å²) in [6.07, 6.45) is 43.1. The van der Waals surface area contributed by atoms with Crippen molar-refractivity contribution in [2.45, 2.75) is 194 Å². The normalized spacial score (nSPS) is 11.6. The molecule has 0 aromatic rings. The molecule has 4 heteroatoms. The second-order valence-electron chi connectivity index (χ2n) is 12.2. The number of carbonyl (C=O) groups is 2. The third-order valence-electron chi connectivity index (χ3n) is 7.98. The first-order chi connectivity index (χ1) is 20.7. The topological polar surface area (TPSA) is 62.3 Å². The van der Waals surface area contributed by atoms with E-state index in [4.69, 9.17) is 0 Å². The summed E-state index contributed by atoms with van der Waals surface area (Å²) in [7, 11) is 0. The second-order valence-corrected chi connectivity index (χ2v) is 12.2. The molecule has 0 spiro atoms. The number of hydrogen-bond acceptors (Lipinski definition) is 2. The summed E-state index contributed by atoms with van der Waals surface area (Å²) in [5.74, 6) is -0.0694. The number of rotatable bonds is 33. The van der Waals surface area contributed by atoms with Crippen LogP contribution in [0.1, 0.15) is 194 Å². The summed E-state index contributed by atoms with van der Waals surface area (Å²) in [5, 5.41) is 8.15. The van der Waals surface area contributed by atoms with Crippen LogP contribution in [0.4, 0.5) is 0 Å². The largest absolute Gasteiger partial charge is 0.273 e. The minimum absolute atomic E-state index is 0.0347. The number of nitrogens with zero attached hydrogens (tertiary/aromatic N) is 2. The molecule has 0 aliphatic heterocycles. The van der Waals surface area contributed by atoms with Gasteiger partial charge in [-0.25, -0.2) is 10.6 Å². The van der Waals surface area contributed by atoms with E-state index < -0.39 is 0 Å². The molecule has 0 rings (SSSR count). The van der Waals surface area contributed by atoms with E-state index in [1.165, 1.54) is 141 Å². The summed E-state index contributed by atoms with van der Waals surface area (Å²) in [6.45, 7) is 5.23. The monoisotopic (exact) mass is 587 g/mol. The molecule has 42 heavy (non-hydrogen) atoms. The zero-order chi connectivity index (χ0) is 30.6. The molecule has 2 radical (unpaired) electrons. The van der Waals surface area contributed by atoms with Crippen molar-refractivity contribution in [3.05, 3.63) is 24.3 Å².